The summed E-state index contributed by atoms with van der Waals surface area (Å²) < 4.78 is 23.5. The van der Waals surface area contributed by atoms with Crippen LogP contribution in [-0.2, 0) is 14.8 Å². The second kappa shape index (κ2) is 2.78. The Morgan fingerprint density at radius 2 is 2.27 bits per heavy atom. The van der Waals surface area contributed by atoms with E-state index in [2.05, 4.69) is 10.0 Å². The standard InChI is InChI=1S/C5H10N2O3S/c1-11(9,10)7-4-2-3-6-5(4)8/h4,7H,2-3H2,1H3,(H,6,8). The number of rotatable bonds is 2. The highest BCUT2D eigenvalue weighted by Gasteiger charge is 2.26. The highest BCUT2D eigenvalue weighted by molar-refractivity contribution is 7.88. The van der Waals surface area contributed by atoms with E-state index in [1.165, 1.54) is 0 Å². The fourth-order valence-electron chi connectivity index (χ4n) is 0.965. The fourth-order valence-corrected chi connectivity index (χ4v) is 1.71. The maximum Gasteiger partial charge on any atom is 0.238 e. The summed E-state index contributed by atoms with van der Waals surface area (Å²) in [6, 6.07) is -0.565. The van der Waals surface area contributed by atoms with E-state index in [4.69, 9.17) is 0 Å². The maximum absolute atomic E-state index is 10.8. The van der Waals surface area contributed by atoms with Gasteiger partial charge in [-0.1, -0.05) is 0 Å². The molecule has 0 aromatic heterocycles. The van der Waals surface area contributed by atoms with Crippen molar-refractivity contribution in [3.8, 4) is 0 Å². The van der Waals surface area contributed by atoms with Crippen LogP contribution in [-0.4, -0.2) is 33.2 Å². The molecule has 0 aromatic rings. The number of hydrogen-bond acceptors (Lipinski definition) is 3. The van der Waals surface area contributed by atoms with E-state index in [0.29, 0.717) is 13.0 Å². The van der Waals surface area contributed by atoms with Crippen LogP contribution in [0.1, 0.15) is 6.42 Å². The van der Waals surface area contributed by atoms with Crippen molar-refractivity contribution in [1.29, 1.82) is 0 Å². The minimum atomic E-state index is -3.25. The molecule has 64 valence electrons. The Bertz CT molecular complexity index is 259. The zero-order valence-electron chi connectivity index (χ0n) is 6.12. The van der Waals surface area contributed by atoms with Gasteiger partial charge in [0.1, 0.15) is 6.04 Å². The van der Waals surface area contributed by atoms with Gasteiger partial charge in [0.05, 0.1) is 6.26 Å². The van der Waals surface area contributed by atoms with Crippen LogP contribution in [0.4, 0.5) is 0 Å². The highest BCUT2D eigenvalue weighted by Crippen LogP contribution is 1.99. The quantitative estimate of drug-likeness (QED) is 0.536. The Morgan fingerprint density at radius 3 is 2.64 bits per heavy atom. The van der Waals surface area contributed by atoms with E-state index in [9.17, 15) is 13.2 Å². The number of amides is 1. The van der Waals surface area contributed by atoms with Gasteiger partial charge in [-0.2, -0.15) is 0 Å². The molecule has 1 heterocycles. The van der Waals surface area contributed by atoms with Gasteiger partial charge in [-0.15, -0.1) is 0 Å². The van der Waals surface area contributed by atoms with Crippen LogP contribution in [0, 0.1) is 0 Å². The van der Waals surface area contributed by atoms with Crippen LogP contribution >= 0.6 is 0 Å². The normalized spacial score (nSPS) is 25.2. The number of sulfonamides is 1. The van der Waals surface area contributed by atoms with E-state index in [-0.39, 0.29) is 5.91 Å². The van der Waals surface area contributed by atoms with Gasteiger partial charge in [-0.3, -0.25) is 4.79 Å². The van der Waals surface area contributed by atoms with Gasteiger partial charge in [-0.05, 0) is 6.42 Å². The highest BCUT2D eigenvalue weighted by atomic mass is 32.2. The lowest BCUT2D eigenvalue weighted by atomic mass is 10.3. The molecule has 0 radical (unpaired) electrons. The first-order valence-corrected chi connectivity index (χ1v) is 5.13. The van der Waals surface area contributed by atoms with E-state index < -0.39 is 16.1 Å². The van der Waals surface area contributed by atoms with Gasteiger partial charge >= 0.3 is 0 Å². The summed E-state index contributed by atoms with van der Waals surface area (Å²) in [4.78, 5) is 10.8. The minimum Gasteiger partial charge on any atom is -0.355 e. The molecule has 11 heavy (non-hydrogen) atoms. The molecule has 1 aliphatic heterocycles. The van der Waals surface area contributed by atoms with E-state index in [1.54, 1.807) is 0 Å². The third-order valence-electron chi connectivity index (χ3n) is 1.41. The number of nitrogens with one attached hydrogen (secondary N) is 2. The third kappa shape index (κ3) is 2.47. The van der Waals surface area contributed by atoms with Crippen molar-refractivity contribution in [1.82, 2.24) is 10.0 Å². The van der Waals surface area contributed by atoms with Crippen molar-refractivity contribution < 1.29 is 13.2 Å². The topological polar surface area (TPSA) is 75.3 Å². The number of carbonyl (C=O) groups excluding carboxylic acids is 1. The van der Waals surface area contributed by atoms with E-state index in [1.807, 2.05) is 0 Å². The average Bonchev–Trinajstić information content (AvgIpc) is 2.12. The molecule has 2 N–H and O–H groups in total. The minimum absolute atomic E-state index is 0.240. The van der Waals surface area contributed by atoms with Gasteiger partial charge in [0.2, 0.25) is 15.9 Å². The summed E-state index contributed by atoms with van der Waals surface area (Å²) >= 11 is 0. The SMILES string of the molecule is CS(=O)(=O)NC1CCNC1=O. The van der Waals surface area contributed by atoms with Gasteiger partial charge < -0.3 is 5.32 Å². The van der Waals surface area contributed by atoms with Crippen molar-refractivity contribution in [3.05, 3.63) is 0 Å². The molecule has 1 aliphatic rings. The van der Waals surface area contributed by atoms with Crippen LogP contribution in [0.15, 0.2) is 0 Å². The van der Waals surface area contributed by atoms with Crippen LogP contribution in [0.3, 0.4) is 0 Å². The summed E-state index contributed by atoms with van der Waals surface area (Å²) in [5, 5.41) is 2.53. The second-order valence-electron chi connectivity index (χ2n) is 2.52. The molecule has 0 saturated carbocycles. The summed E-state index contributed by atoms with van der Waals surface area (Å²) in [6.07, 6.45) is 1.57. The smallest absolute Gasteiger partial charge is 0.238 e. The third-order valence-corrected chi connectivity index (χ3v) is 2.12. The maximum atomic E-state index is 10.8. The predicted octanol–water partition coefficient (Wildman–Crippen LogP) is -1.58. The Morgan fingerprint density at radius 1 is 1.64 bits per heavy atom. The van der Waals surface area contributed by atoms with E-state index >= 15 is 0 Å². The van der Waals surface area contributed by atoms with Gasteiger partial charge in [0.25, 0.3) is 0 Å². The first kappa shape index (κ1) is 8.48. The van der Waals surface area contributed by atoms with Crippen LogP contribution in [0.5, 0.6) is 0 Å². The summed E-state index contributed by atoms with van der Waals surface area (Å²) in [5.41, 5.74) is 0. The first-order valence-electron chi connectivity index (χ1n) is 3.24. The molecule has 5 nitrogen and oxygen atoms in total. The van der Waals surface area contributed by atoms with Crippen LogP contribution < -0.4 is 10.0 Å². The molecule has 1 amide bonds. The average molecular weight is 178 g/mol. The molecule has 1 rings (SSSR count). The molecule has 1 unspecified atom stereocenters. The van der Waals surface area contributed by atoms with Crippen molar-refractivity contribution in [2.45, 2.75) is 12.5 Å². The lowest BCUT2D eigenvalue weighted by Gasteiger charge is -2.05. The lowest BCUT2D eigenvalue weighted by Crippen LogP contribution is -2.39. The molecule has 0 spiro atoms. The molecule has 1 fully saturated rings. The zero-order chi connectivity index (χ0) is 8.48. The Hall–Kier alpha value is -0.620. The molecule has 1 saturated heterocycles. The Kier molecular flexibility index (Phi) is 2.15. The van der Waals surface area contributed by atoms with Crippen molar-refractivity contribution in [3.63, 3.8) is 0 Å². The monoisotopic (exact) mass is 178 g/mol. The number of carbonyl (C=O) groups is 1. The van der Waals surface area contributed by atoms with E-state index in [0.717, 1.165) is 6.26 Å². The Labute approximate surface area is 65.2 Å². The summed E-state index contributed by atoms with van der Waals surface area (Å²) in [7, 11) is -3.25. The molecule has 6 heteroatoms. The first-order chi connectivity index (χ1) is 4.99. The Balaban J connectivity index is 2.57. The van der Waals surface area contributed by atoms with Crippen molar-refractivity contribution >= 4 is 15.9 Å². The van der Waals surface area contributed by atoms with Gasteiger partial charge in [0.15, 0.2) is 0 Å². The molecule has 0 aliphatic carbocycles. The van der Waals surface area contributed by atoms with Gasteiger partial charge in [0, 0.05) is 6.54 Å². The molecular weight excluding hydrogens is 168 g/mol. The molecule has 0 bridgehead atoms. The molecule has 1 atom stereocenters. The largest absolute Gasteiger partial charge is 0.355 e. The van der Waals surface area contributed by atoms with Crippen molar-refractivity contribution in [2.75, 3.05) is 12.8 Å². The predicted molar refractivity (Wildman–Crippen MR) is 39.4 cm³/mol. The summed E-state index contributed by atoms with van der Waals surface area (Å²) in [5.74, 6) is -0.240. The fraction of sp³-hybridized carbons (Fsp3) is 0.800. The molecule has 0 aromatic carbocycles. The van der Waals surface area contributed by atoms with Gasteiger partial charge in [-0.25, -0.2) is 13.1 Å². The second-order valence-corrected chi connectivity index (χ2v) is 4.30. The lowest BCUT2D eigenvalue weighted by molar-refractivity contribution is -0.120. The van der Waals surface area contributed by atoms with Crippen LogP contribution in [0.2, 0.25) is 0 Å². The zero-order valence-corrected chi connectivity index (χ0v) is 6.94. The number of hydrogen-bond donors (Lipinski definition) is 2. The van der Waals surface area contributed by atoms with Crippen LogP contribution in [0.25, 0.3) is 0 Å². The molecular formula is C5H10N2O3S. The summed E-state index contributed by atoms with van der Waals surface area (Å²) in [6.45, 7) is 0.548. The van der Waals surface area contributed by atoms with Crippen molar-refractivity contribution in [2.24, 2.45) is 0 Å².